The summed E-state index contributed by atoms with van der Waals surface area (Å²) in [5.74, 6) is 0. The Morgan fingerprint density at radius 1 is 1.58 bits per heavy atom. The van der Waals surface area contributed by atoms with Gasteiger partial charge in [0.25, 0.3) is 0 Å². The average Bonchev–Trinajstić information content (AvgIpc) is 2.12. The molecule has 0 bridgehead atoms. The van der Waals surface area contributed by atoms with E-state index in [9.17, 15) is 0 Å². The summed E-state index contributed by atoms with van der Waals surface area (Å²) in [6, 6.07) is 0. The summed E-state index contributed by atoms with van der Waals surface area (Å²) in [5, 5.41) is 0. The normalized spacial score (nSPS) is 43.9. The molecule has 0 aromatic heterocycles. The number of hydrogen-bond donors (Lipinski definition) is 0. The maximum atomic E-state index is 3.25. The zero-order valence-corrected chi connectivity index (χ0v) is 14.1. The first kappa shape index (κ1) is 12.6. The Labute approximate surface area is 86.1 Å². The Hall–Kier alpha value is 2.58. The number of hydrogen-bond acceptors (Lipinski definition) is 0. The maximum absolute atomic E-state index is 3.25. The van der Waals surface area contributed by atoms with Crippen LogP contribution in [0.25, 0.3) is 0 Å². The van der Waals surface area contributed by atoms with Gasteiger partial charge in [-0.1, -0.05) is 0 Å². The molecule has 1 heterocycles. The first-order chi connectivity index (χ1) is 5.37. The average molecular weight is 278 g/mol. The van der Waals surface area contributed by atoms with Crippen LogP contribution in [-0.2, 0) is 0 Å². The van der Waals surface area contributed by atoms with Gasteiger partial charge < -0.3 is 0 Å². The van der Waals surface area contributed by atoms with Crippen molar-refractivity contribution in [1.29, 1.82) is 0 Å². The molecule has 12 heavy (non-hydrogen) atoms. The van der Waals surface area contributed by atoms with E-state index in [-0.39, 0.29) is 6.99 Å². The van der Waals surface area contributed by atoms with Gasteiger partial charge in [-0.3, -0.25) is 0 Å². The minimum atomic E-state index is -1.39. The fourth-order valence-electron chi connectivity index (χ4n) is 1.58. The molecule has 1 fully saturated rings. The van der Waals surface area contributed by atoms with Crippen LogP contribution in [0.1, 0.15) is 19.8 Å². The van der Waals surface area contributed by atoms with Gasteiger partial charge in [0, 0.05) is 0 Å². The molecule has 0 radical (unpaired) electrons. The molecule has 74 valence electrons. The quantitative estimate of drug-likeness (QED) is 0.641. The summed E-state index contributed by atoms with van der Waals surface area (Å²) in [7, 11) is 10.9. The van der Waals surface area contributed by atoms with Gasteiger partial charge in [0.1, 0.15) is 0 Å². The van der Waals surface area contributed by atoms with Crippen molar-refractivity contribution in [2.45, 2.75) is 25.4 Å². The van der Waals surface area contributed by atoms with Gasteiger partial charge in [0.2, 0.25) is 0 Å². The molecule has 0 aromatic rings. The van der Waals surface area contributed by atoms with Gasteiger partial charge in [-0.2, -0.15) is 0 Å². The van der Waals surface area contributed by atoms with Crippen LogP contribution in [0, 0.1) is 0 Å². The Morgan fingerprint density at radius 2 is 2.17 bits per heavy atom. The summed E-state index contributed by atoms with van der Waals surface area (Å²) < 4.78 is 0. The predicted octanol–water partition coefficient (Wildman–Crippen LogP) is 4.71. The van der Waals surface area contributed by atoms with Crippen LogP contribution in [0.3, 0.4) is 0 Å². The van der Waals surface area contributed by atoms with Gasteiger partial charge in [0.15, 0.2) is 0 Å². The van der Waals surface area contributed by atoms with E-state index in [0.29, 0.717) is 0 Å². The molecule has 0 spiro atoms. The van der Waals surface area contributed by atoms with Gasteiger partial charge in [-0.15, -0.1) is 0 Å². The second kappa shape index (κ2) is 4.22. The van der Waals surface area contributed by atoms with E-state index in [2.05, 4.69) is 40.4 Å². The SMILES string of the molecule is CCCC1CPP(P)P1(C)(P)P. The monoisotopic (exact) mass is 278 g/mol. The van der Waals surface area contributed by atoms with Crippen LogP contribution in [0.5, 0.6) is 0 Å². The van der Waals surface area contributed by atoms with Crippen LogP contribution < -0.4 is 0 Å². The van der Waals surface area contributed by atoms with Crippen LogP contribution >= 0.6 is 47.7 Å². The Balaban J connectivity index is 2.79. The van der Waals surface area contributed by atoms with Gasteiger partial charge >= 0.3 is 86.0 Å². The molecule has 1 aliphatic rings. The fourth-order valence-corrected chi connectivity index (χ4v) is 26.5. The van der Waals surface area contributed by atoms with E-state index in [1.165, 1.54) is 27.3 Å². The topological polar surface area (TPSA) is 0 Å². The van der Waals surface area contributed by atoms with Gasteiger partial charge in [-0.25, -0.2) is 0 Å². The fraction of sp³-hybridized carbons (Fsp3) is 1.00. The van der Waals surface area contributed by atoms with E-state index in [1.807, 2.05) is 0 Å². The van der Waals surface area contributed by atoms with Crippen molar-refractivity contribution >= 4 is 47.7 Å². The first-order valence-electron chi connectivity index (χ1n) is 4.28. The van der Waals surface area contributed by atoms with Crippen molar-refractivity contribution in [2.75, 3.05) is 12.8 Å². The summed E-state index contributed by atoms with van der Waals surface area (Å²) >= 11 is 0. The minimum absolute atomic E-state index is 0.260. The third-order valence-corrected chi connectivity index (χ3v) is 43.0. The summed E-state index contributed by atoms with van der Waals surface area (Å²) in [5.41, 5.74) is -0.361. The molecule has 6 atom stereocenters. The molecule has 1 rings (SSSR count). The van der Waals surface area contributed by atoms with Crippen molar-refractivity contribution in [3.63, 3.8) is 0 Å². The van der Waals surface area contributed by atoms with E-state index in [1.54, 1.807) is 0 Å². The molecule has 0 nitrogen and oxygen atoms in total. The van der Waals surface area contributed by atoms with Crippen molar-refractivity contribution in [2.24, 2.45) is 0 Å². The summed E-state index contributed by atoms with van der Waals surface area (Å²) in [4.78, 5) is 0. The standard InChI is InChI=1S/C6H20P6/c1-3-4-6-5-10-11(7)12(6,2,8)9/h6,10H,3-5,7-9H2,1-2H3. The third-order valence-electron chi connectivity index (χ3n) is 2.65. The van der Waals surface area contributed by atoms with E-state index in [0.717, 1.165) is 5.66 Å². The molecule has 0 N–H and O–H groups in total. The van der Waals surface area contributed by atoms with Crippen LogP contribution in [0.15, 0.2) is 0 Å². The summed E-state index contributed by atoms with van der Waals surface area (Å²) in [6.45, 7) is 5.12. The Bertz CT molecular complexity index is 169. The second-order valence-electron chi connectivity index (χ2n) is 3.92. The van der Waals surface area contributed by atoms with Crippen LogP contribution in [0.2, 0.25) is 0 Å². The molecule has 0 amide bonds. The van der Waals surface area contributed by atoms with Gasteiger partial charge in [0.05, 0.1) is 0 Å². The second-order valence-corrected chi connectivity index (χ2v) is 34.7. The molecule has 1 saturated heterocycles. The van der Waals surface area contributed by atoms with Crippen molar-refractivity contribution in [3.05, 3.63) is 0 Å². The Kier molecular flexibility index (Phi) is 4.44. The molecule has 1 aliphatic heterocycles. The third kappa shape index (κ3) is 2.39. The molecular formula is C6H20P6. The van der Waals surface area contributed by atoms with E-state index in [4.69, 9.17) is 0 Å². The predicted molar refractivity (Wildman–Crippen MR) is 80.8 cm³/mol. The van der Waals surface area contributed by atoms with Crippen LogP contribution in [-0.4, -0.2) is 18.5 Å². The summed E-state index contributed by atoms with van der Waals surface area (Å²) in [6.07, 6.45) is 4.31. The Morgan fingerprint density at radius 3 is 2.50 bits per heavy atom. The first-order valence-corrected chi connectivity index (χ1v) is 16.0. The van der Waals surface area contributed by atoms with Gasteiger partial charge in [-0.05, 0) is 0 Å². The van der Waals surface area contributed by atoms with E-state index < -0.39 is 5.67 Å². The van der Waals surface area contributed by atoms with Crippen molar-refractivity contribution in [3.8, 4) is 0 Å². The zero-order valence-electron chi connectivity index (χ0n) is 7.83. The molecule has 0 aromatic carbocycles. The van der Waals surface area contributed by atoms with E-state index >= 15 is 0 Å². The van der Waals surface area contributed by atoms with Crippen molar-refractivity contribution in [1.82, 2.24) is 0 Å². The molecule has 6 unspecified atom stereocenters. The molecule has 0 aliphatic carbocycles. The van der Waals surface area contributed by atoms with Crippen molar-refractivity contribution < 1.29 is 0 Å². The molecule has 6 heteroatoms. The zero-order chi connectivity index (χ0) is 9.43. The number of rotatable bonds is 2. The molecular weight excluding hydrogens is 258 g/mol. The molecule has 0 saturated carbocycles. The van der Waals surface area contributed by atoms with Crippen LogP contribution in [0.4, 0.5) is 0 Å².